The molecule has 2 rings (SSSR count). The Hall–Kier alpha value is -1.55. The molecule has 1 atom stereocenters. The fraction of sp³-hybridized carbons (Fsp3) is 0.500. The fourth-order valence-corrected chi connectivity index (χ4v) is 2.26. The van der Waals surface area contributed by atoms with Gasteiger partial charge in [-0.1, -0.05) is 12.1 Å². The van der Waals surface area contributed by atoms with Crippen molar-refractivity contribution in [2.45, 2.75) is 31.8 Å². The van der Waals surface area contributed by atoms with Crippen LogP contribution in [0.15, 0.2) is 18.2 Å². The number of hydrogen-bond donors (Lipinski definition) is 2. The average molecular weight is 250 g/mol. The van der Waals surface area contributed by atoms with Crippen LogP contribution in [0.5, 0.6) is 5.75 Å². The normalized spacial score (nSPS) is 16.3. The maximum Gasteiger partial charge on any atom is 0.306 e. The third-order valence-electron chi connectivity index (χ3n) is 3.51. The second-order valence-electron chi connectivity index (χ2n) is 4.77. The second kappa shape index (κ2) is 5.40. The summed E-state index contributed by atoms with van der Waals surface area (Å²) in [6.07, 6.45) is 2.58. The first-order chi connectivity index (χ1) is 8.65. The molecule has 0 radical (unpaired) electrons. The Morgan fingerprint density at radius 1 is 1.50 bits per heavy atom. The summed E-state index contributed by atoms with van der Waals surface area (Å²) in [6, 6.07) is 5.23. The lowest BCUT2D eigenvalue weighted by Crippen LogP contribution is -2.10. The molecule has 1 aliphatic carbocycles. The molecule has 0 heterocycles. The van der Waals surface area contributed by atoms with Crippen LogP contribution in [0.1, 0.15) is 36.3 Å². The highest BCUT2D eigenvalue weighted by molar-refractivity contribution is 5.70. The molecule has 98 valence electrons. The number of esters is 1. The number of hydrogen-bond acceptors (Lipinski definition) is 4. The van der Waals surface area contributed by atoms with Crippen molar-refractivity contribution >= 4 is 5.97 Å². The molecular weight excluding hydrogens is 232 g/mol. The van der Waals surface area contributed by atoms with Gasteiger partial charge in [0.15, 0.2) is 0 Å². The first-order valence-electron chi connectivity index (χ1n) is 6.15. The molecule has 18 heavy (non-hydrogen) atoms. The Kier molecular flexibility index (Phi) is 3.87. The van der Waals surface area contributed by atoms with E-state index in [4.69, 9.17) is 9.84 Å². The summed E-state index contributed by atoms with van der Waals surface area (Å²) < 4.78 is 4.71. The molecule has 0 unspecified atom stereocenters. The lowest BCUT2D eigenvalue weighted by Gasteiger charge is -2.16. The fourth-order valence-electron chi connectivity index (χ4n) is 2.26. The summed E-state index contributed by atoms with van der Waals surface area (Å²) in [6.45, 7) is -0.183. The van der Waals surface area contributed by atoms with Crippen LogP contribution >= 0.6 is 0 Å². The Labute approximate surface area is 106 Å². The molecule has 1 fully saturated rings. The molecule has 4 heteroatoms. The predicted molar refractivity (Wildman–Crippen MR) is 66.1 cm³/mol. The third-order valence-corrected chi connectivity index (χ3v) is 3.51. The number of rotatable bonds is 5. The van der Waals surface area contributed by atoms with Crippen LogP contribution in [0, 0.1) is 5.92 Å². The molecule has 4 nitrogen and oxygen atoms in total. The molecule has 0 aromatic heterocycles. The van der Waals surface area contributed by atoms with Gasteiger partial charge in [0.1, 0.15) is 5.75 Å². The third kappa shape index (κ3) is 2.82. The minimum Gasteiger partial charge on any atom is -0.508 e. The van der Waals surface area contributed by atoms with Crippen LogP contribution < -0.4 is 0 Å². The standard InChI is InChI=1S/C14H18O4/c1-18-14(17)7-12(9-2-3-9)10-4-5-11(8-15)13(16)6-10/h4-6,9,12,15-16H,2-3,7-8H2,1H3/t12-/m0/s1. The van der Waals surface area contributed by atoms with Crippen LogP contribution in [0.3, 0.4) is 0 Å². The molecule has 0 spiro atoms. The summed E-state index contributed by atoms with van der Waals surface area (Å²) in [7, 11) is 1.39. The zero-order valence-corrected chi connectivity index (χ0v) is 10.4. The van der Waals surface area contributed by atoms with Crippen molar-refractivity contribution in [3.05, 3.63) is 29.3 Å². The van der Waals surface area contributed by atoms with Crippen molar-refractivity contribution in [1.29, 1.82) is 0 Å². The van der Waals surface area contributed by atoms with Crippen molar-refractivity contribution in [2.75, 3.05) is 7.11 Å². The number of ether oxygens (including phenoxy) is 1. The van der Waals surface area contributed by atoms with Crippen LogP contribution in [-0.4, -0.2) is 23.3 Å². The van der Waals surface area contributed by atoms with Crippen molar-refractivity contribution < 1.29 is 19.7 Å². The quantitative estimate of drug-likeness (QED) is 0.784. The molecule has 2 N–H and O–H groups in total. The van der Waals surface area contributed by atoms with Gasteiger partial charge in [0.2, 0.25) is 0 Å². The Balaban J connectivity index is 2.20. The lowest BCUT2D eigenvalue weighted by atomic mass is 9.90. The zero-order chi connectivity index (χ0) is 13.1. The molecule has 0 saturated heterocycles. The van der Waals surface area contributed by atoms with E-state index in [1.165, 1.54) is 7.11 Å². The van der Waals surface area contributed by atoms with Crippen molar-refractivity contribution in [3.63, 3.8) is 0 Å². The van der Waals surface area contributed by atoms with Crippen LogP contribution in [-0.2, 0) is 16.1 Å². The van der Waals surface area contributed by atoms with E-state index in [1.54, 1.807) is 12.1 Å². The topological polar surface area (TPSA) is 66.8 Å². The van der Waals surface area contributed by atoms with Gasteiger partial charge >= 0.3 is 5.97 Å². The van der Waals surface area contributed by atoms with Crippen LogP contribution in [0.4, 0.5) is 0 Å². The number of benzene rings is 1. The van der Waals surface area contributed by atoms with E-state index in [1.807, 2.05) is 6.07 Å². The molecule has 0 bridgehead atoms. The smallest absolute Gasteiger partial charge is 0.306 e. The minimum absolute atomic E-state index is 0.0884. The van der Waals surface area contributed by atoms with Crippen LogP contribution in [0.2, 0.25) is 0 Å². The Morgan fingerprint density at radius 3 is 2.72 bits per heavy atom. The molecule has 1 aromatic rings. The van der Waals surface area contributed by atoms with Crippen molar-refractivity contribution in [1.82, 2.24) is 0 Å². The second-order valence-corrected chi connectivity index (χ2v) is 4.77. The molecule has 1 saturated carbocycles. The Morgan fingerprint density at radius 2 is 2.22 bits per heavy atom. The van der Waals surface area contributed by atoms with Gasteiger partial charge in [-0.05, 0) is 36.3 Å². The molecule has 1 aromatic carbocycles. The van der Waals surface area contributed by atoms with Gasteiger partial charge in [-0.3, -0.25) is 4.79 Å². The zero-order valence-electron chi connectivity index (χ0n) is 10.4. The first kappa shape index (κ1) is 12.9. The van der Waals surface area contributed by atoms with Gasteiger partial charge in [0.05, 0.1) is 20.1 Å². The van der Waals surface area contributed by atoms with E-state index in [0.717, 1.165) is 18.4 Å². The Bertz CT molecular complexity index is 437. The molecule has 1 aliphatic rings. The largest absolute Gasteiger partial charge is 0.508 e. The summed E-state index contributed by atoms with van der Waals surface area (Å²) in [4.78, 5) is 11.4. The summed E-state index contributed by atoms with van der Waals surface area (Å²) in [5.41, 5.74) is 1.45. The summed E-state index contributed by atoms with van der Waals surface area (Å²) in [5, 5.41) is 18.8. The maximum absolute atomic E-state index is 11.4. The number of aromatic hydroxyl groups is 1. The van der Waals surface area contributed by atoms with E-state index in [9.17, 15) is 9.90 Å². The SMILES string of the molecule is COC(=O)C[C@H](c1ccc(CO)c(O)c1)C1CC1. The van der Waals surface area contributed by atoms with Gasteiger partial charge in [-0.25, -0.2) is 0 Å². The predicted octanol–water partition coefficient (Wildman–Crippen LogP) is 1.94. The van der Waals surface area contributed by atoms with E-state index in [-0.39, 0.29) is 24.2 Å². The van der Waals surface area contributed by atoms with Gasteiger partial charge in [-0.15, -0.1) is 0 Å². The van der Waals surface area contributed by atoms with E-state index in [2.05, 4.69) is 0 Å². The van der Waals surface area contributed by atoms with E-state index >= 15 is 0 Å². The highest BCUT2D eigenvalue weighted by Crippen LogP contribution is 2.45. The molecular formula is C14H18O4. The summed E-state index contributed by atoms with van der Waals surface area (Å²) >= 11 is 0. The summed E-state index contributed by atoms with van der Waals surface area (Å²) in [5.74, 6) is 0.475. The van der Waals surface area contributed by atoms with Gasteiger partial charge in [0, 0.05) is 5.56 Å². The first-order valence-corrected chi connectivity index (χ1v) is 6.15. The highest BCUT2D eigenvalue weighted by Gasteiger charge is 2.34. The number of aliphatic hydroxyl groups excluding tert-OH is 1. The van der Waals surface area contributed by atoms with Gasteiger partial charge in [-0.2, -0.15) is 0 Å². The van der Waals surface area contributed by atoms with Crippen molar-refractivity contribution in [2.24, 2.45) is 5.92 Å². The minimum atomic E-state index is -0.224. The van der Waals surface area contributed by atoms with Crippen molar-refractivity contribution in [3.8, 4) is 5.75 Å². The molecule has 0 aliphatic heterocycles. The number of carbonyl (C=O) groups excluding carboxylic acids is 1. The monoisotopic (exact) mass is 250 g/mol. The van der Waals surface area contributed by atoms with Crippen LogP contribution in [0.25, 0.3) is 0 Å². The number of carbonyl (C=O) groups is 1. The average Bonchev–Trinajstić information content (AvgIpc) is 3.19. The number of methoxy groups -OCH3 is 1. The number of phenols is 1. The maximum atomic E-state index is 11.4. The van der Waals surface area contributed by atoms with Gasteiger partial charge in [0.25, 0.3) is 0 Å². The number of aliphatic hydroxyl groups is 1. The highest BCUT2D eigenvalue weighted by atomic mass is 16.5. The van der Waals surface area contributed by atoms with E-state index in [0.29, 0.717) is 17.9 Å². The molecule has 0 amide bonds. The van der Waals surface area contributed by atoms with Gasteiger partial charge < -0.3 is 14.9 Å². The van der Waals surface area contributed by atoms with E-state index < -0.39 is 0 Å². The lowest BCUT2D eigenvalue weighted by molar-refractivity contribution is -0.141.